The van der Waals surface area contributed by atoms with Crippen molar-refractivity contribution in [1.29, 1.82) is 0 Å². The normalized spacial score (nSPS) is 19.3. The van der Waals surface area contributed by atoms with Gasteiger partial charge in [0.2, 0.25) is 5.91 Å². The number of nitrogens with one attached hydrogen (secondary N) is 1. The fraction of sp³-hybridized carbons (Fsp3) is 0.533. The number of hydrogen-bond acceptors (Lipinski definition) is 3. The van der Waals surface area contributed by atoms with Crippen molar-refractivity contribution in [2.45, 2.75) is 45.7 Å². The van der Waals surface area contributed by atoms with Crippen LogP contribution in [0.3, 0.4) is 0 Å². The first-order valence-electron chi connectivity index (χ1n) is 6.85. The summed E-state index contributed by atoms with van der Waals surface area (Å²) in [5.74, 6) is 0.971. The average Bonchev–Trinajstić information content (AvgIpc) is 2.39. The minimum absolute atomic E-state index is 0.0200. The first-order chi connectivity index (χ1) is 9.02. The van der Waals surface area contributed by atoms with Crippen molar-refractivity contribution < 1.29 is 9.53 Å². The van der Waals surface area contributed by atoms with Gasteiger partial charge in [-0.3, -0.25) is 4.79 Å². The summed E-state index contributed by atoms with van der Waals surface area (Å²) in [6, 6.07) is 4.14. The Hall–Kier alpha value is -1.55. The number of carbonyl (C=O) groups excluding carboxylic acids is 1. The topological polar surface area (TPSA) is 64.3 Å². The maximum atomic E-state index is 11.6. The van der Waals surface area contributed by atoms with E-state index in [0.717, 1.165) is 28.9 Å². The molecule has 1 aromatic carbocycles. The highest BCUT2D eigenvalue weighted by Crippen LogP contribution is 2.36. The molecular formula is C15H22N2O2. The predicted octanol–water partition coefficient (Wildman–Crippen LogP) is 2.36. The van der Waals surface area contributed by atoms with E-state index in [1.54, 1.807) is 0 Å². The van der Waals surface area contributed by atoms with Crippen LogP contribution in [0.2, 0.25) is 0 Å². The lowest BCUT2D eigenvalue weighted by Crippen LogP contribution is -2.32. The third-order valence-corrected chi connectivity index (χ3v) is 3.54. The molecule has 0 fully saturated rings. The zero-order valence-electron chi connectivity index (χ0n) is 11.8. The SMILES string of the molecule is CCC(=O)NC1CCOc2c(C)cc(C(C)N)cc21. The summed E-state index contributed by atoms with van der Waals surface area (Å²) in [6.45, 7) is 6.48. The molecule has 1 amide bonds. The quantitative estimate of drug-likeness (QED) is 0.879. The second-order valence-electron chi connectivity index (χ2n) is 5.16. The van der Waals surface area contributed by atoms with Crippen LogP contribution < -0.4 is 15.8 Å². The van der Waals surface area contributed by atoms with E-state index in [2.05, 4.69) is 17.4 Å². The third-order valence-electron chi connectivity index (χ3n) is 3.54. The summed E-state index contributed by atoms with van der Waals surface area (Å²) < 4.78 is 5.74. The lowest BCUT2D eigenvalue weighted by molar-refractivity contribution is -0.121. The summed E-state index contributed by atoms with van der Waals surface area (Å²) in [4.78, 5) is 11.6. The van der Waals surface area contributed by atoms with E-state index >= 15 is 0 Å². The Morgan fingerprint density at radius 1 is 1.58 bits per heavy atom. The minimum Gasteiger partial charge on any atom is -0.493 e. The van der Waals surface area contributed by atoms with Gasteiger partial charge in [-0.05, 0) is 31.0 Å². The zero-order valence-corrected chi connectivity index (χ0v) is 11.8. The van der Waals surface area contributed by atoms with E-state index in [1.807, 2.05) is 20.8 Å². The number of ether oxygens (including phenoxy) is 1. The number of amides is 1. The lowest BCUT2D eigenvalue weighted by atomic mass is 9.93. The highest BCUT2D eigenvalue weighted by atomic mass is 16.5. The van der Waals surface area contributed by atoms with Crippen LogP contribution in [0.1, 0.15) is 55.5 Å². The Balaban J connectivity index is 2.38. The van der Waals surface area contributed by atoms with Crippen molar-refractivity contribution in [2.24, 2.45) is 5.73 Å². The van der Waals surface area contributed by atoms with E-state index in [9.17, 15) is 4.79 Å². The fourth-order valence-corrected chi connectivity index (χ4v) is 2.43. The van der Waals surface area contributed by atoms with Crippen molar-refractivity contribution in [3.8, 4) is 5.75 Å². The van der Waals surface area contributed by atoms with Crippen molar-refractivity contribution in [3.05, 3.63) is 28.8 Å². The third kappa shape index (κ3) is 2.89. The summed E-state index contributed by atoms with van der Waals surface area (Å²) in [5, 5.41) is 3.06. The maximum Gasteiger partial charge on any atom is 0.220 e. The zero-order chi connectivity index (χ0) is 14.0. The van der Waals surface area contributed by atoms with Crippen LogP contribution in [0.4, 0.5) is 0 Å². The Bertz CT molecular complexity index is 483. The molecule has 4 heteroatoms. The molecule has 0 aliphatic carbocycles. The van der Waals surface area contributed by atoms with E-state index in [4.69, 9.17) is 10.5 Å². The Labute approximate surface area is 114 Å². The Morgan fingerprint density at radius 2 is 2.32 bits per heavy atom. The molecule has 0 saturated carbocycles. The van der Waals surface area contributed by atoms with Gasteiger partial charge >= 0.3 is 0 Å². The molecule has 1 aliphatic heterocycles. The number of aryl methyl sites for hydroxylation is 1. The average molecular weight is 262 g/mol. The largest absolute Gasteiger partial charge is 0.493 e. The number of carbonyl (C=O) groups is 1. The second kappa shape index (κ2) is 5.61. The molecule has 0 bridgehead atoms. The van der Waals surface area contributed by atoms with Crippen LogP contribution in [-0.2, 0) is 4.79 Å². The first kappa shape index (κ1) is 13.9. The van der Waals surface area contributed by atoms with Gasteiger partial charge in [0.05, 0.1) is 12.6 Å². The van der Waals surface area contributed by atoms with Gasteiger partial charge in [-0.2, -0.15) is 0 Å². The van der Waals surface area contributed by atoms with Crippen molar-refractivity contribution in [2.75, 3.05) is 6.61 Å². The van der Waals surface area contributed by atoms with E-state index in [0.29, 0.717) is 13.0 Å². The van der Waals surface area contributed by atoms with Gasteiger partial charge in [-0.25, -0.2) is 0 Å². The molecule has 0 spiro atoms. The van der Waals surface area contributed by atoms with Crippen LogP contribution in [0.25, 0.3) is 0 Å². The van der Waals surface area contributed by atoms with Gasteiger partial charge in [-0.15, -0.1) is 0 Å². The molecule has 0 saturated heterocycles. The molecule has 104 valence electrons. The van der Waals surface area contributed by atoms with Gasteiger partial charge in [0.15, 0.2) is 0 Å². The molecule has 2 atom stereocenters. The fourth-order valence-electron chi connectivity index (χ4n) is 2.43. The first-order valence-corrected chi connectivity index (χ1v) is 6.85. The number of benzene rings is 1. The number of fused-ring (bicyclic) bond motifs is 1. The summed E-state index contributed by atoms with van der Waals surface area (Å²) in [5.41, 5.74) is 9.18. The Morgan fingerprint density at radius 3 is 2.95 bits per heavy atom. The highest BCUT2D eigenvalue weighted by Gasteiger charge is 2.25. The maximum absolute atomic E-state index is 11.6. The molecule has 1 heterocycles. The van der Waals surface area contributed by atoms with Crippen LogP contribution in [0.5, 0.6) is 5.75 Å². The Kier molecular flexibility index (Phi) is 4.10. The standard InChI is InChI=1S/C15H22N2O2/c1-4-14(18)17-13-5-6-19-15-9(2)7-11(10(3)16)8-12(13)15/h7-8,10,13H,4-6,16H2,1-3H3,(H,17,18). The predicted molar refractivity (Wildman–Crippen MR) is 75.1 cm³/mol. The molecule has 1 aromatic rings. The molecule has 3 N–H and O–H groups in total. The van der Waals surface area contributed by atoms with Crippen molar-refractivity contribution in [3.63, 3.8) is 0 Å². The molecule has 2 unspecified atom stereocenters. The van der Waals surface area contributed by atoms with Crippen LogP contribution in [-0.4, -0.2) is 12.5 Å². The van der Waals surface area contributed by atoms with E-state index in [-0.39, 0.29) is 18.0 Å². The molecule has 19 heavy (non-hydrogen) atoms. The summed E-state index contributed by atoms with van der Waals surface area (Å²) in [6.07, 6.45) is 1.30. The monoisotopic (exact) mass is 262 g/mol. The second-order valence-corrected chi connectivity index (χ2v) is 5.16. The molecule has 4 nitrogen and oxygen atoms in total. The van der Waals surface area contributed by atoms with Gasteiger partial charge in [0.25, 0.3) is 0 Å². The van der Waals surface area contributed by atoms with Crippen LogP contribution >= 0.6 is 0 Å². The summed E-state index contributed by atoms with van der Waals surface area (Å²) >= 11 is 0. The van der Waals surface area contributed by atoms with E-state index < -0.39 is 0 Å². The van der Waals surface area contributed by atoms with Crippen LogP contribution in [0.15, 0.2) is 12.1 Å². The number of nitrogens with two attached hydrogens (primary N) is 1. The van der Waals surface area contributed by atoms with Crippen LogP contribution in [0, 0.1) is 6.92 Å². The number of hydrogen-bond donors (Lipinski definition) is 2. The van der Waals surface area contributed by atoms with Gasteiger partial charge in [-0.1, -0.05) is 13.0 Å². The van der Waals surface area contributed by atoms with Gasteiger partial charge in [0.1, 0.15) is 5.75 Å². The molecular weight excluding hydrogens is 240 g/mol. The molecule has 1 aliphatic rings. The lowest BCUT2D eigenvalue weighted by Gasteiger charge is -2.29. The van der Waals surface area contributed by atoms with Crippen molar-refractivity contribution in [1.82, 2.24) is 5.32 Å². The molecule has 2 rings (SSSR count). The highest BCUT2D eigenvalue weighted by molar-refractivity contribution is 5.76. The smallest absolute Gasteiger partial charge is 0.220 e. The molecule has 0 aromatic heterocycles. The number of rotatable bonds is 3. The summed E-state index contributed by atoms with van der Waals surface area (Å²) in [7, 11) is 0. The van der Waals surface area contributed by atoms with Gasteiger partial charge in [0, 0.05) is 24.4 Å². The van der Waals surface area contributed by atoms with E-state index in [1.165, 1.54) is 0 Å². The van der Waals surface area contributed by atoms with Crippen molar-refractivity contribution >= 4 is 5.91 Å². The molecule has 0 radical (unpaired) electrons. The minimum atomic E-state index is -0.0200. The van der Waals surface area contributed by atoms with Gasteiger partial charge < -0.3 is 15.8 Å².